The Morgan fingerprint density at radius 1 is 1.29 bits per heavy atom. The molecule has 5 rings (SSSR count). The number of alkyl halides is 2. The summed E-state index contributed by atoms with van der Waals surface area (Å²) in [6.45, 7) is 0. The lowest BCUT2D eigenvalue weighted by Gasteiger charge is -2.36. The molecular formula is C20H21F2N7O2. The molecule has 2 aliphatic carbocycles. The average Bonchev–Trinajstić information content (AvgIpc) is 3.42. The summed E-state index contributed by atoms with van der Waals surface area (Å²) in [5.41, 5.74) is 0.465. The van der Waals surface area contributed by atoms with Crippen LogP contribution >= 0.6 is 0 Å². The lowest BCUT2D eigenvalue weighted by atomic mass is 9.88. The lowest BCUT2D eigenvalue weighted by Crippen LogP contribution is -2.41. The molecule has 9 nitrogen and oxygen atoms in total. The molecule has 1 amide bonds. The van der Waals surface area contributed by atoms with Crippen LogP contribution in [0.5, 0.6) is 0 Å². The number of hydrogen-bond acceptors (Lipinski definition) is 6. The Morgan fingerprint density at radius 3 is 2.74 bits per heavy atom. The summed E-state index contributed by atoms with van der Waals surface area (Å²) in [7, 11) is 1.70. The molecule has 2 aliphatic rings. The van der Waals surface area contributed by atoms with E-state index in [2.05, 4.69) is 26.0 Å². The number of rotatable bonds is 6. The van der Waals surface area contributed by atoms with Crippen molar-refractivity contribution in [1.29, 1.82) is 0 Å². The fourth-order valence-corrected chi connectivity index (χ4v) is 3.71. The molecule has 2 fully saturated rings. The third kappa shape index (κ3) is 3.60. The van der Waals surface area contributed by atoms with E-state index in [-0.39, 0.29) is 30.5 Å². The standard InChI is InChI=1S/C20H21F2N7O2/c1-23-16-7-15(27-17-13(10-24-29(16)17)18(30)25-11-4-5-11)26-14-3-2-6-28(19(14)31)12-8-20(21,22)9-12/h2-3,6-7,10-12,23H,4-5,8-9H2,1H3,(H,25,30)(H,26,27). The molecule has 3 aromatic rings. The number of aromatic nitrogens is 4. The van der Waals surface area contributed by atoms with Gasteiger partial charge in [-0.05, 0) is 25.0 Å². The third-order valence-corrected chi connectivity index (χ3v) is 5.58. The van der Waals surface area contributed by atoms with Crippen molar-refractivity contribution in [1.82, 2.24) is 24.5 Å². The molecule has 162 valence electrons. The van der Waals surface area contributed by atoms with Gasteiger partial charge in [-0.15, -0.1) is 0 Å². The van der Waals surface area contributed by atoms with Crippen LogP contribution in [0, 0.1) is 0 Å². The van der Waals surface area contributed by atoms with E-state index < -0.39 is 17.5 Å². The SMILES string of the molecule is CNc1cc(Nc2cccn(C3CC(F)(F)C3)c2=O)nc2c(C(=O)NC3CC3)cnn12. The van der Waals surface area contributed by atoms with Crippen LogP contribution in [0.2, 0.25) is 0 Å². The fourth-order valence-electron chi connectivity index (χ4n) is 3.71. The van der Waals surface area contributed by atoms with E-state index in [1.165, 1.54) is 21.5 Å². The molecule has 0 radical (unpaired) electrons. The van der Waals surface area contributed by atoms with E-state index in [0.717, 1.165) is 12.8 Å². The van der Waals surface area contributed by atoms with Gasteiger partial charge in [-0.1, -0.05) is 0 Å². The summed E-state index contributed by atoms with van der Waals surface area (Å²) in [4.78, 5) is 29.8. The van der Waals surface area contributed by atoms with Crippen molar-refractivity contribution in [3.05, 3.63) is 46.5 Å². The Bertz CT molecular complexity index is 1220. The quantitative estimate of drug-likeness (QED) is 0.556. The highest BCUT2D eigenvalue weighted by Gasteiger charge is 2.46. The van der Waals surface area contributed by atoms with Gasteiger partial charge >= 0.3 is 0 Å². The van der Waals surface area contributed by atoms with Crippen molar-refractivity contribution >= 4 is 28.9 Å². The second kappa shape index (κ2) is 7.03. The highest BCUT2D eigenvalue weighted by molar-refractivity contribution is 6.00. The largest absolute Gasteiger partial charge is 0.373 e. The summed E-state index contributed by atoms with van der Waals surface area (Å²) >= 11 is 0. The summed E-state index contributed by atoms with van der Waals surface area (Å²) in [5, 5.41) is 13.1. The number of fused-ring (bicyclic) bond motifs is 1. The first-order chi connectivity index (χ1) is 14.8. The van der Waals surface area contributed by atoms with Gasteiger partial charge in [0, 0.05) is 44.2 Å². The Balaban J connectivity index is 1.48. The van der Waals surface area contributed by atoms with Crippen LogP contribution in [0.25, 0.3) is 5.65 Å². The number of amides is 1. The zero-order chi connectivity index (χ0) is 21.8. The second-order valence-electron chi connectivity index (χ2n) is 8.00. The minimum atomic E-state index is -2.72. The first kappa shape index (κ1) is 19.5. The number of pyridine rings is 1. The van der Waals surface area contributed by atoms with Crippen LogP contribution in [0.4, 0.5) is 26.1 Å². The van der Waals surface area contributed by atoms with E-state index in [1.54, 1.807) is 25.2 Å². The Morgan fingerprint density at radius 2 is 2.06 bits per heavy atom. The molecule has 0 spiro atoms. The molecule has 3 heterocycles. The number of anilines is 3. The topological polar surface area (TPSA) is 105 Å². The predicted octanol–water partition coefficient (Wildman–Crippen LogP) is 2.54. The maximum absolute atomic E-state index is 13.3. The van der Waals surface area contributed by atoms with E-state index >= 15 is 0 Å². The minimum Gasteiger partial charge on any atom is -0.373 e. The number of nitrogens with zero attached hydrogens (tertiary/aromatic N) is 4. The molecule has 0 unspecified atom stereocenters. The molecule has 0 aromatic carbocycles. The zero-order valence-corrected chi connectivity index (χ0v) is 16.7. The molecule has 11 heteroatoms. The van der Waals surface area contributed by atoms with Crippen LogP contribution in [0.15, 0.2) is 35.4 Å². The van der Waals surface area contributed by atoms with Crippen molar-refractivity contribution in [3.63, 3.8) is 0 Å². The van der Waals surface area contributed by atoms with Crippen LogP contribution in [0.1, 0.15) is 42.1 Å². The molecule has 0 aliphatic heterocycles. The first-order valence-electron chi connectivity index (χ1n) is 10.1. The van der Waals surface area contributed by atoms with E-state index in [1.807, 2.05) is 0 Å². The van der Waals surface area contributed by atoms with Crippen molar-refractivity contribution < 1.29 is 13.6 Å². The molecule has 0 saturated heterocycles. The Labute approximate surface area is 175 Å². The van der Waals surface area contributed by atoms with Gasteiger partial charge in [0.25, 0.3) is 17.4 Å². The van der Waals surface area contributed by atoms with Crippen LogP contribution < -0.4 is 21.5 Å². The third-order valence-electron chi connectivity index (χ3n) is 5.58. The lowest BCUT2D eigenvalue weighted by molar-refractivity contribution is -0.104. The van der Waals surface area contributed by atoms with Crippen molar-refractivity contribution in [2.75, 3.05) is 17.7 Å². The zero-order valence-electron chi connectivity index (χ0n) is 16.7. The van der Waals surface area contributed by atoms with Crippen LogP contribution in [-0.4, -0.2) is 44.1 Å². The van der Waals surface area contributed by atoms with E-state index in [4.69, 9.17) is 0 Å². The summed E-state index contributed by atoms with van der Waals surface area (Å²) < 4.78 is 29.3. The Kier molecular flexibility index (Phi) is 4.42. The maximum Gasteiger partial charge on any atom is 0.274 e. The number of carbonyl (C=O) groups is 1. The monoisotopic (exact) mass is 429 g/mol. The average molecular weight is 429 g/mol. The fraction of sp³-hybridized carbons (Fsp3) is 0.400. The highest BCUT2D eigenvalue weighted by Crippen LogP contribution is 2.44. The molecule has 31 heavy (non-hydrogen) atoms. The minimum absolute atomic E-state index is 0.189. The van der Waals surface area contributed by atoms with E-state index in [9.17, 15) is 18.4 Å². The van der Waals surface area contributed by atoms with Gasteiger partial charge in [0.1, 0.15) is 22.9 Å². The van der Waals surface area contributed by atoms with Crippen molar-refractivity contribution in [3.8, 4) is 0 Å². The van der Waals surface area contributed by atoms with Crippen molar-refractivity contribution in [2.24, 2.45) is 0 Å². The smallest absolute Gasteiger partial charge is 0.274 e. The predicted molar refractivity (Wildman–Crippen MR) is 110 cm³/mol. The summed E-state index contributed by atoms with van der Waals surface area (Å²) in [6, 6.07) is 4.51. The summed E-state index contributed by atoms with van der Waals surface area (Å²) in [6.07, 6.45) is 4.19. The van der Waals surface area contributed by atoms with Gasteiger partial charge in [0.2, 0.25) is 0 Å². The van der Waals surface area contributed by atoms with Crippen LogP contribution in [0.3, 0.4) is 0 Å². The second-order valence-corrected chi connectivity index (χ2v) is 8.00. The van der Waals surface area contributed by atoms with Crippen LogP contribution in [-0.2, 0) is 0 Å². The van der Waals surface area contributed by atoms with Gasteiger partial charge in [-0.2, -0.15) is 9.61 Å². The number of carbonyl (C=O) groups excluding carboxylic acids is 1. The molecular weight excluding hydrogens is 408 g/mol. The maximum atomic E-state index is 13.3. The normalized spacial score (nSPS) is 17.9. The first-order valence-corrected chi connectivity index (χ1v) is 10.1. The summed E-state index contributed by atoms with van der Waals surface area (Å²) in [5.74, 6) is -2.09. The molecule has 0 atom stereocenters. The Hall–Kier alpha value is -3.50. The van der Waals surface area contributed by atoms with E-state index in [0.29, 0.717) is 22.8 Å². The van der Waals surface area contributed by atoms with Gasteiger partial charge in [-0.3, -0.25) is 9.59 Å². The molecule has 3 N–H and O–H groups in total. The van der Waals surface area contributed by atoms with Gasteiger partial charge in [0.05, 0.1) is 6.20 Å². The number of hydrogen-bond donors (Lipinski definition) is 3. The van der Waals surface area contributed by atoms with Gasteiger partial charge < -0.3 is 20.5 Å². The number of nitrogens with one attached hydrogen (secondary N) is 3. The molecule has 0 bridgehead atoms. The molecule has 2 saturated carbocycles. The van der Waals surface area contributed by atoms with Crippen molar-refractivity contribution in [2.45, 2.75) is 43.7 Å². The van der Waals surface area contributed by atoms with Gasteiger partial charge in [0.15, 0.2) is 5.65 Å². The number of halogens is 2. The van der Waals surface area contributed by atoms with Gasteiger partial charge in [-0.25, -0.2) is 13.8 Å². The highest BCUT2D eigenvalue weighted by atomic mass is 19.3. The molecule has 3 aromatic heterocycles.